The van der Waals surface area contributed by atoms with E-state index in [1.165, 1.54) is 0 Å². The summed E-state index contributed by atoms with van der Waals surface area (Å²) in [6, 6.07) is 13.0. The first-order valence-electron chi connectivity index (χ1n) is 8.50. The van der Waals surface area contributed by atoms with E-state index in [-0.39, 0.29) is 24.2 Å². The maximum Gasteiger partial charge on any atom is 0.229 e. The number of hydrogen-bond acceptors (Lipinski definition) is 3. The van der Waals surface area contributed by atoms with Crippen molar-refractivity contribution in [3.05, 3.63) is 53.1 Å². The van der Waals surface area contributed by atoms with E-state index in [2.05, 4.69) is 5.32 Å². The Morgan fingerprint density at radius 3 is 2.50 bits per heavy atom. The molecule has 1 heterocycles. The lowest BCUT2D eigenvalue weighted by Crippen LogP contribution is -2.28. The Bertz CT molecular complexity index is 833. The van der Waals surface area contributed by atoms with Crippen molar-refractivity contribution in [2.45, 2.75) is 13.3 Å². The second-order valence-electron chi connectivity index (χ2n) is 6.77. The van der Waals surface area contributed by atoms with Gasteiger partial charge in [0.25, 0.3) is 0 Å². The Kier molecular flexibility index (Phi) is 5.18. The molecule has 0 saturated carbocycles. The molecule has 0 radical (unpaired) electrons. The van der Waals surface area contributed by atoms with E-state index in [9.17, 15) is 9.59 Å². The molecule has 2 aromatic rings. The Morgan fingerprint density at radius 1 is 1.19 bits per heavy atom. The third kappa shape index (κ3) is 3.83. The topological polar surface area (TPSA) is 52.7 Å². The van der Waals surface area contributed by atoms with E-state index in [1.54, 1.807) is 11.0 Å². The number of amides is 2. The van der Waals surface area contributed by atoms with Crippen molar-refractivity contribution in [1.82, 2.24) is 0 Å². The van der Waals surface area contributed by atoms with Gasteiger partial charge in [-0.2, -0.15) is 0 Å². The van der Waals surface area contributed by atoms with Crippen molar-refractivity contribution in [3.8, 4) is 0 Å². The van der Waals surface area contributed by atoms with E-state index in [0.29, 0.717) is 11.6 Å². The van der Waals surface area contributed by atoms with Crippen LogP contribution in [0.15, 0.2) is 42.5 Å². The molecule has 1 saturated heterocycles. The number of nitrogens with one attached hydrogen (secondary N) is 1. The van der Waals surface area contributed by atoms with Crippen molar-refractivity contribution in [1.29, 1.82) is 0 Å². The number of anilines is 3. The molecule has 3 rings (SSSR count). The summed E-state index contributed by atoms with van der Waals surface area (Å²) in [6.07, 6.45) is 0.212. The second kappa shape index (κ2) is 7.38. The lowest BCUT2D eigenvalue weighted by Gasteiger charge is -2.19. The molecule has 1 atom stereocenters. The number of carbonyl (C=O) groups is 2. The van der Waals surface area contributed by atoms with Gasteiger partial charge in [-0.15, -0.1) is 0 Å². The van der Waals surface area contributed by atoms with Crippen LogP contribution in [0.2, 0.25) is 5.02 Å². The summed E-state index contributed by atoms with van der Waals surface area (Å²) in [5.41, 5.74) is 3.52. The highest BCUT2D eigenvalue weighted by molar-refractivity contribution is 6.30. The average molecular weight is 372 g/mol. The standard InChI is InChI=1S/C20H22ClN3O2/c1-13-10-15(21)4-9-18(13)24-12-14(11-19(24)25)20(26)22-16-5-7-17(8-6-16)23(2)3/h4-10,14H,11-12H2,1-3H3,(H,22,26). The quantitative estimate of drug-likeness (QED) is 0.891. The van der Waals surface area contributed by atoms with Crippen LogP contribution in [0.4, 0.5) is 17.1 Å². The minimum absolute atomic E-state index is 0.0430. The maximum absolute atomic E-state index is 12.6. The van der Waals surface area contributed by atoms with Crippen LogP contribution < -0.4 is 15.1 Å². The number of rotatable bonds is 4. The van der Waals surface area contributed by atoms with Gasteiger partial charge in [0.05, 0.1) is 5.92 Å². The van der Waals surface area contributed by atoms with Gasteiger partial charge in [-0.05, 0) is 55.0 Å². The molecule has 0 aliphatic carbocycles. The zero-order chi connectivity index (χ0) is 18.8. The molecular formula is C20H22ClN3O2. The van der Waals surface area contributed by atoms with E-state index < -0.39 is 0 Å². The molecule has 0 bridgehead atoms. The summed E-state index contributed by atoms with van der Waals surface area (Å²) in [4.78, 5) is 28.6. The summed E-state index contributed by atoms with van der Waals surface area (Å²) in [6.45, 7) is 2.29. The molecule has 1 aliphatic rings. The number of nitrogens with zero attached hydrogens (tertiary/aromatic N) is 2. The van der Waals surface area contributed by atoms with Crippen LogP contribution in [-0.2, 0) is 9.59 Å². The predicted octanol–water partition coefficient (Wildman–Crippen LogP) is 3.71. The summed E-state index contributed by atoms with van der Waals surface area (Å²) < 4.78 is 0. The van der Waals surface area contributed by atoms with Gasteiger partial charge in [-0.3, -0.25) is 9.59 Å². The number of carbonyl (C=O) groups excluding carboxylic acids is 2. The lowest BCUT2D eigenvalue weighted by atomic mass is 10.1. The smallest absolute Gasteiger partial charge is 0.229 e. The minimum Gasteiger partial charge on any atom is -0.378 e. The van der Waals surface area contributed by atoms with Gasteiger partial charge in [0.2, 0.25) is 11.8 Å². The molecule has 26 heavy (non-hydrogen) atoms. The van der Waals surface area contributed by atoms with Gasteiger partial charge < -0.3 is 15.1 Å². The van der Waals surface area contributed by atoms with Gasteiger partial charge in [0.15, 0.2) is 0 Å². The highest BCUT2D eigenvalue weighted by Gasteiger charge is 2.35. The first-order chi connectivity index (χ1) is 12.3. The van der Waals surface area contributed by atoms with Gasteiger partial charge in [-0.25, -0.2) is 0 Å². The van der Waals surface area contributed by atoms with Crippen LogP contribution in [0.1, 0.15) is 12.0 Å². The van der Waals surface area contributed by atoms with Crippen molar-refractivity contribution < 1.29 is 9.59 Å². The predicted molar refractivity (Wildman–Crippen MR) is 106 cm³/mol. The van der Waals surface area contributed by atoms with Gasteiger partial charge >= 0.3 is 0 Å². The number of aryl methyl sites for hydroxylation is 1. The van der Waals surface area contributed by atoms with E-state index in [1.807, 2.05) is 62.3 Å². The third-order valence-corrected chi connectivity index (χ3v) is 4.83. The number of halogens is 1. The molecule has 1 fully saturated rings. The van der Waals surface area contributed by atoms with Crippen LogP contribution in [0.5, 0.6) is 0 Å². The number of benzene rings is 2. The van der Waals surface area contributed by atoms with Gasteiger partial charge in [-0.1, -0.05) is 11.6 Å². The van der Waals surface area contributed by atoms with Crippen LogP contribution >= 0.6 is 11.6 Å². The Morgan fingerprint density at radius 2 is 1.88 bits per heavy atom. The largest absolute Gasteiger partial charge is 0.378 e. The lowest BCUT2D eigenvalue weighted by molar-refractivity contribution is -0.122. The maximum atomic E-state index is 12.6. The fourth-order valence-corrected chi connectivity index (χ4v) is 3.35. The molecule has 0 aromatic heterocycles. The molecular weight excluding hydrogens is 350 g/mol. The van der Waals surface area contributed by atoms with E-state index in [4.69, 9.17) is 11.6 Å². The molecule has 2 aromatic carbocycles. The number of hydrogen-bond donors (Lipinski definition) is 1. The molecule has 1 unspecified atom stereocenters. The van der Waals surface area contributed by atoms with Gasteiger partial charge in [0.1, 0.15) is 0 Å². The highest BCUT2D eigenvalue weighted by atomic mass is 35.5. The van der Waals surface area contributed by atoms with Crippen molar-refractivity contribution in [2.75, 3.05) is 35.8 Å². The molecule has 6 heteroatoms. The van der Waals surface area contributed by atoms with Crippen LogP contribution in [0.25, 0.3) is 0 Å². The molecule has 5 nitrogen and oxygen atoms in total. The van der Waals surface area contributed by atoms with Crippen molar-refractivity contribution in [3.63, 3.8) is 0 Å². The van der Waals surface area contributed by atoms with Crippen LogP contribution in [-0.4, -0.2) is 32.5 Å². The fraction of sp³-hybridized carbons (Fsp3) is 0.300. The SMILES string of the molecule is Cc1cc(Cl)ccc1N1CC(C(=O)Nc2ccc(N(C)C)cc2)CC1=O. The first-order valence-corrected chi connectivity index (χ1v) is 8.87. The van der Waals surface area contributed by atoms with E-state index in [0.717, 1.165) is 22.6 Å². The normalized spacial score (nSPS) is 16.7. The average Bonchev–Trinajstić information content (AvgIpc) is 2.97. The Hall–Kier alpha value is -2.53. The molecule has 1 aliphatic heterocycles. The summed E-state index contributed by atoms with van der Waals surface area (Å²) >= 11 is 5.99. The van der Waals surface area contributed by atoms with E-state index >= 15 is 0 Å². The van der Waals surface area contributed by atoms with Gasteiger partial charge in [0, 0.05) is 49.1 Å². The fourth-order valence-electron chi connectivity index (χ4n) is 3.12. The van der Waals surface area contributed by atoms with Crippen LogP contribution in [0, 0.1) is 12.8 Å². The first kappa shape index (κ1) is 18.3. The monoisotopic (exact) mass is 371 g/mol. The summed E-state index contributed by atoms with van der Waals surface area (Å²) in [5.74, 6) is -0.547. The Labute approximate surface area is 158 Å². The van der Waals surface area contributed by atoms with Crippen molar-refractivity contribution in [2.24, 2.45) is 5.92 Å². The zero-order valence-electron chi connectivity index (χ0n) is 15.1. The second-order valence-corrected chi connectivity index (χ2v) is 7.20. The highest BCUT2D eigenvalue weighted by Crippen LogP contribution is 2.30. The molecule has 0 spiro atoms. The van der Waals surface area contributed by atoms with Crippen LogP contribution in [0.3, 0.4) is 0 Å². The third-order valence-electron chi connectivity index (χ3n) is 4.60. The Balaban J connectivity index is 1.68. The minimum atomic E-state index is -0.369. The van der Waals surface area contributed by atoms with Crippen molar-refractivity contribution >= 4 is 40.5 Å². The summed E-state index contributed by atoms with van der Waals surface area (Å²) in [7, 11) is 3.93. The molecule has 1 N–H and O–H groups in total. The zero-order valence-corrected chi connectivity index (χ0v) is 15.9. The molecule has 2 amide bonds. The molecule has 136 valence electrons. The summed E-state index contributed by atoms with van der Waals surface area (Å²) in [5, 5.41) is 3.54.